The van der Waals surface area contributed by atoms with Crippen molar-refractivity contribution in [2.45, 2.75) is 57.5 Å². The molecule has 1 aliphatic carbocycles. The lowest BCUT2D eigenvalue weighted by molar-refractivity contribution is 0.204. The zero-order chi connectivity index (χ0) is 23.1. The largest absolute Gasteiger partial charge is 0.368 e. The van der Waals surface area contributed by atoms with Crippen LogP contribution in [0.4, 0.5) is 17.5 Å². The quantitative estimate of drug-likeness (QED) is 0.632. The number of hydrogen-bond donors (Lipinski definition) is 1. The first kappa shape index (κ1) is 21.5. The lowest BCUT2D eigenvalue weighted by atomic mass is 9.80. The molecule has 178 valence electrons. The second kappa shape index (κ2) is 8.65. The molecule has 3 aromatic rings. The van der Waals surface area contributed by atoms with Crippen LogP contribution in [0.5, 0.6) is 0 Å². The molecule has 1 saturated carbocycles. The molecule has 0 atom stereocenters. The van der Waals surface area contributed by atoms with Gasteiger partial charge in [0.15, 0.2) is 0 Å². The summed E-state index contributed by atoms with van der Waals surface area (Å²) in [6.07, 6.45) is 12.0. The predicted octanol–water partition coefficient (Wildman–Crippen LogP) is 4.19. The van der Waals surface area contributed by atoms with E-state index in [1.54, 1.807) is 0 Å². The van der Waals surface area contributed by atoms with Gasteiger partial charge in [-0.15, -0.1) is 0 Å². The molecular weight excluding hydrogens is 424 g/mol. The summed E-state index contributed by atoms with van der Waals surface area (Å²) in [5.74, 6) is 1.36. The SMILES string of the molecule is CC(C)N1CCN(c2ccc(Nc3ncc4cc5n(c4n3)C3(CCCCC3)CN=C5)nc2)CC1. The van der Waals surface area contributed by atoms with Crippen LogP contribution in [0.15, 0.2) is 35.6 Å². The topological polar surface area (TPSA) is 74.5 Å². The highest BCUT2D eigenvalue weighted by Crippen LogP contribution is 2.40. The van der Waals surface area contributed by atoms with Gasteiger partial charge in [-0.05, 0) is 44.9 Å². The zero-order valence-corrected chi connectivity index (χ0v) is 20.2. The van der Waals surface area contributed by atoms with Gasteiger partial charge in [-0.1, -0.05) is 19.3 Å². The van der Waals surface area contributed by atoms with Crippen LogP contribution < -0.4 is 10.2 Å². The average Bonchev–Trinajstić information content (AvgIpc) is 3.25. The van der Waals surface area contributed by atoms with Gasteiger partial charge in [0.05, 0.1) is 29.7 Å². The minimum Gasteiger partial charge on any atom is -0.368 e. The average molecular weight is 459 g/mol. The summed E-state index contributed by atoms with van der Waals surface area (Å²) in [5, 5.41) is 4.40. The van der Waals surface area contributed by atoms with Crippen LogP contribution in [0.3, 0.4) is 0 Å². The fourth-order valence-corrected chi connectivity index (χ4v) is 5.89. The molecule has 1 saturated heterocycles. The highest BCUT2D eigenvalue weighted by molar-refractivity contribution is 5.90. The Bertz CT molecular complexity index is 1180. The Labute approximate surface area is 201 Å². The summed E-state index contributed by atoms with van der Waals surface area (Å²) in [5.41, 5.74) is 3.38. The maximum Gasteiger partial charge on any atom is 0.230 e. The number of nitrogens with zero attached hydrogens (tertiary/aromatic N) is 7. The molecule has 0 unspecified atom stereocenters. The molecular formula is C26H34N8. The number of hydrogen-bond acceptors (Lipinski definition) is 7. The Morgan fingerprint density at radius 2 is 1.79 bits per heavy atom. The van der Waals surface area contributed by atoms with Gasteiger partial charge in [-0.2, -0.15) is 4.98 Å². The van der Waals surface area contributed by atoms with Crippen LogP contribution in [-0.2, 0) is 5.54 Å². The van der Waals surface area contributed by atoms with Crippen molar-refractivity contribution < 1.29 is 0 Å². The van der Waals surface area contributed by atoms with Crippen molar-refractivity contribution in [3.8, 4) is 0 Å². The zero-order valence-electron chi connectivity index (χ0n) is 20.2. The van der Waals surface area contributed by atoms with Gasteiger partial charge >= 0.3 is 0 Å². The predicted molar refractivity (Wildman–Crippen MR) is 137 cm³/mol. The maximum atomic E-state index is 4.95. The summed E-state index contributed by atoms with van der Waals surface area (Å²) in [6, 6.07) is 6.95. The van der Waals surface area contributed by atoms with Gasteiger partial charge in [0.1, 0.15) is 11.5 Å². The smallest absolute Gasteiger partial charge is 0.230 e. The van der Waals surface area contributed by atoms with E-state index in [0.717, 1.165) is 55.3 Å². The van der Waals surface area contributed by atoms with Crippen molar-refractivity contribution in [3.05, 3.63) is 36.3 Å². The summed E-state index contributed by atoms with van der Waals surface area (Å²) < 4.78 is 2.44. The fourth-order valence-electron chi connectivity index (χ4n) is 5.89. The lowest BCUT2D eigenvalue weighted by Gasteiger charge is -2.40. The molecule has 34 heavy (non-hydrogen) atoms. The van der Waals surface area contributed by atoms with Gasteiger partial charge in [0.25, 0.3) is 0 Å². The van der Waals surface area contributed by atoms with Crippen molar-refractivity contribution in [3.63, 3.8) is 0 Å². The summed E-state index contributed by atoms with van der Waals surface area (Å²) in [4.78, 5) is 23.9. The van der Waals surface area contributed by atoms with Crippen LogP contribution in [0.2, 0.25) is 0 Å². The number of pyridine rings is 1. The highest BCUT2D eigenvalue weighted by atomic mass is 15.3. The van der Waals surface area contributed by atoms with Gasteiger partial charge in [0, 0.05) is 50.0 Å². The molecule has 0 radical (unpaired) electrons. The molecule has 0 aromatic carbocycles. The number of rotatable bonds is 4. The van der Waals surface area contributed by atoms with E-state index in [1.807, 2.05) is 24.7 Å². The minimum atomic E-state index is 0.0647. The molecule has 5 heterocycles. The summed E-state index contributed by atoms with van der Waals surface area (Å²) in [7, 11) is 0. The first-order chi connectivity index (χ1) is 16.6. The molecule has 2 fully saturated rings. The van der Waals surface area contributed by atoms with Crippen molar-refractivity contribution in [1.29, 1.82) is 0 Å². The molecule has 0 bridgehead atoms. The molecule has 3 aromatic heterocycles. The van der Waals surface area contributed by atoms with Crippen molar-refractivity contribution in [1.82, 2.24) is 24.4 Å². The molecule has 8 heteroatoms. The van der Waals surface area contributed by atoms with Crippen LogP contribution in [0.25, 0.3) is 11.0 Å². The van der Waals surface area contributed by atoms with E-state index in [0.29, 0.717) is 12.0 Å². The number of fused-ring (bicyclic) bond motifs is 4. The first-order valence-electron chi connectivity index (χ1n) is 12.7. The monoisotopic (exact) mass is 458 g/mol. The van der Waals surface area contributed by atoms with E-state index in [-0.39, 0.29) is 5.54 Å². The molecule has 0 amide bonds. The molecule has 1 N–H and O–H groups in total. The maximum absolute atomic E-state index is 4.95. The van der Waals surface area contributed by atoms with E-state index in [9.17, 15) is 0 Å². The van der Waals surface area contributed by atoms with Crippen molar-refractivity contribution in [2.75, 3.05) is 42.9 Å². The second-order valence-electron chi connectivity index (χ2n) is 10.3. The van der Waals surface area contributed by atoms with E-state index in [4.69, 9.17) is 9.98 Å². The number of aromatic nitrogens is 4. The molecule has 6 rings (SSSR count). The Kier molecular flexibility index (Phi) is 5.48. The van der Waals surface area contributed by atoms with E-state index in [1.165, 1.54) is 37.8 Å². The third-order valence-corrected chi connectivity index (χ3v) is 7.83. The standard InChI is InChI=1S/C26H34N8/c1-19(2)32-10-12-33(13-11-32)21-6-7-23(28-17-21)30-25-29-15-20-14-22-16-27-18-26(8-4-3-5-9-26)34(22)24(20)31-25/h6-7,14-17,19H,3-5,8-13,18H2,1-2H3,(H,28,29,30,31). The Morgan fingerprint density at radius 3 is 2.53 bits per heavy atom. The minimum absolute atomic E-state index is 0.0647. The fraction of sp³-hybridized carbons (Fsp3) is 0.538. The van der Waals surface area contributed by atoms with Crippen LogP contribution in [-0.4, -0.2) is 69.4 Å². The molecule has 1 spiro atoms. The Morgan fingerprint density at radius 1 is 0.971 bits per heavy atom. The Balaban J connectivity index is 1.22. The van der Waals surface area contributed by atoms with Gasteiger partial charge in [0.2, 0.25) is 5.95 Å². The second-order valence-corrected chi connectivity index (χ2v) is 10.3. The van der Waals surface area contributed by atoms with Gasteiger partial charge < -0.3 is 14.8 Å². The van der Waals surface area contributed by atoms with Crippen molar-refractivity contribution in [2.24, 2.45) is 4.99 Å². The lowest BCUT2D eigenvalue weighted by Crippen LogP contribution is -2.48. The number of anilines is 3. The van der Waals surface area contributed by atoms with Crippen LogP contribution in [0, 0.1) is 0 Å². The van der Waals surface area contributed by atoms with Gasteiger partial charge in [-0.3, -0.25) is 9.89 Å². The summed E-state index contributed by atoms with van der Waals surface area (Å²) in [6.45, 7) is 9.66. The third-order valence-electron chi connectivity index (χ3n) is 7.83. The van der Waals surface area contributed by atoms with E-state index >= 15 is 0 Å². The third kappa shape index (κ3) is 3.83. The normalized spacial score (nSPS) is 20.3. The van der Waals surface area contributed by atoms with Crippen LogP contribution in [0.1, 0.15) is 51.6 Å². The number of piperazine rings is 1. The number of nitrogens with one attached hydrogen (secondary N) is 1. The van der Waals surface area contributed by atoms with E-state index < -0.39 is 0 Å². The van der Waals surface area contributed by atoms with E-state index in [2.05, 4.69) is 55.6 Å². The molecule has 3 aliphatic rings. The molecule has 8 nitrogen and oxygen atoms in total. The van der Waals surface area contributed by atoms with Crippen LogP contribution >= 0.6 is 0 Å². The summed E-state index contributed by atoms with van der Waals surface area (Å²) >= 11 is 0. The molecule has 2 aliphatic heterocycles. The van der Waals surface area contributed by atoms with Crippen molar-refractivity contribution >= 4 is 34.7 Å². The van der Waals surface area contributed by atoms with Gasteiger partial charge in [-0.25, -0.2) is 9.97 Å². The highest BCUT2D eigenvalue weighted by Gasteiger charge is 2.38. The first-order valence-corrected chi connectivity index (χ1v) is 12.7. The Hall–Kier alpha value is -3.00. The number of aliphatic imine (C=N–C) groups is 1.